The van der Waals surface area contributed by atoms with Gasteiger partial charge in [-0.15, -0.1) is 0 Å². The van der Waals surface area contributed by atoms with Gasteiger partial charge in [-0.1, -0.05) is 0 Å². The molecule has 0 saturated heterocycles. The van der Waals surface area contributed by atoms with Crippen molar-refractivity contribution in [3.8, 4) is 0 Å². The summed E-state index contributed by atoms with van der Waals surface area (Å²) >= 11 is 0. The summed E-state index contributed by atoms with van der Waals surface area (Å²) in [5.41, 5.74) is -2.02. The lowest BCUT2D eigenvalue weighted by Gasteiger charge is -2.23. The second kappa shape index (κ2) is 5.45. The monoisotopic (exact) mass is 342 g/mol. The van der Waals surface area contributed by atoms with E-state index in [1.165, 1.54) is 0 Å². The van der Waals surface area contributed by atoms with Crippen LogP contribution in [0, 0.1) is 0 Å². The number of furan rings is 2. The van der Waals surface area contributed by atoms with Crippen LogP contribution in [0.25, 0.3) is 0 Å². The Bertz CT molecular complexity index is 761. The van der Waals surface area contributed by atoms with E-state index in [9.17, 15) is 9.59 Å². The third-order valence-electron chi connectivity index (χ3n) is 5.65. The lowest BCUT2D eigenvalue weighted by molar-refractivity contribution is -0.129. The zero-order valence-corrected chi connectivity index (χ0v) is 15.9. The SMILES string of the molecule is CC1(C)C(=O)CCC(=O)C(C)(C)c2ccc(o2)C(C)(C)c2ccc1o2. The molecule has 0 fully saturated rings. The molecule has 2 aromatic rings. The molecular weight excluding hydrogens is 316 g/mol. The summed E-state index contributed by atoms with van der Waals surface area (Å²) in [6, 6.07) is 7.54. The van der Waals surface area contributed by atoms with Crippen LogP contribution in [0.4, 0.5) is 0 Å². The van der Waals surface area contributed by atoms with Gasteiger partial charge in [-0.3, -0.25) is 9.59 Å². The minimum Gasteiger partial charge on any atom is -0.464 e. The van der Waals surface area contributed by atoms with Gasteiger partial charge < -0.3 is 8.83 Å². The molecule has 0 spiro atoms. The number of hydrogen-bond donors (Lipinski definition) is 0. The third kappa shape index (κ3) is 2.68. The minimum absolute atomic E-state index is 0.00822. The first-order valence-corrected chi connectivity index (χ1v) is 8.75. The van der Waals surface area contributed by atoms with E-state index in [0.717, 1.165) is 11.5 Å². The summed E-state index contributed by atoms with van der Waals surface area (Å²) in [6.07, 6.45) is 0.393. The molecule has 4 heteroatoms. The highest BCUT2D eigenvalue weighted by molar-refractivity contribution is 5.95. The van der Waals surface area contributed by atoms with E-state index in [-0.39, 0.29) is 24.4 Å². The fourth-order valence-electron chi connectivity index (χ4n) is 3.27. The second-order valence-corrected chi connectivity index (χ2v) is 8.55. The van der Waals surface area contributed by atoms with E-state index in [4.69, 9.17) is 8.83 Å². The Labute approximate surface area is 148 Å². The van der Waals surface area contributed by atoms with E-state index in [1.54, 1.807) is 0 Å². The van der Waals surface area contributed by atoms with Crippen molar-refractivity contribution in [2.75, 3.05) is 0 Å². The number of fused-ring (bicyclic) bond motifs is 4. The summed E-state index contributed by atoms with van der Waals surface area (Å²) in [6.45, 7) is 11.4. The summed E-state index contributed by atoms with van der Waals surface area (Å²) in [5.74, 6) is 2.75. The maximum atomic E-state index is 12.7. The highest BCUT2D eigenvalue weighted by atomic mass is 16.4. The molecule has 0 saturated carbocycles. The highest BCUT2D eigenvalue weighted by Gasteiger charge is 2.40. The molecule has 0 radical (unpaired) electrons. The molecule has 25 heavy (non-hydrogen) atoms. The van der Waals surface area contributed by atoms with Crippen LogP contribution in [0.3, 0.4) is 0 Å². The normalized spacial score (nSPS) is 22.0. The molecule has 134 valence electrons. The van der Waals surface area contributed by atoms with Gasteiger partial charge in [-0.2, -0.15) is 0 Å². The molecule has 2 aromatic heterocycles. The van der Waals surface area contributed by atoms with Crippen LogP contribution in [-0.4, -0.2) is 11.6 Å². The fourth-order valence-corrected chi connectivity index (χ4v) is 3.27. The molecule has 0 aliphatic carbocycles. The summed E-state index contributed by atoms with van der Waals surface area (Å²) in [5, 5.41) is 0. The Balaban J connectivity index is 2.18. The zero-order chi connectivity index (χ0) is 18.6. The molecule has 0 amide bonds. The number of ketones is 2. The van der Waals surface area contributed by atoms with Gasteiger partial charge in [-0.25, -0.2) is 0 Å². The molecule has 0 unspecified atom stereocenters. The molecule has 3 rings (SSSR count). The van der Waals surface area contributed by atoms with E-state index in [0.29, 0.717) is 11.5 Å². The second-order valence-electron chi connectivity index (χ2n) is 8.55. The summed E-state index contributed by atoms with van der Waals surface area (Å²) in [7, 11) is 0. The van der Waals surface area contributed by atoms with E-state index >= 15 is 0 Å². The molecule has 4 nitrogen and oxygen atoms in total. The Hall–Kier alpha value is -2.10. The van der Waals surface area contributed by atoms with Gasteiger partial charge in [0.15, 0.2) is 0 Å². The lowest BCUT2D eigenvalue weighted by atomic mass is 9.79. The van der Waals surface area contributed by atoms with E-state index in [1.807, 2.05) is 65.8 Å². The average Bonchev–Trinajstić information content (AvgIpc) is 3.20. The van der Waals surface area contributed by atoms with Crippen molar-refractivity contribution in [1.82, 2.24) is 0 Å². The van der Waals surface area contributed by atoms with Gasteiger partial charge in [0.05, 0.1) is 16.2 Å². The Morgan fingerprint density at radius 3 is 1.20 bits per heavy atom. The Morgan fingerprint density at radius 2 is 0.880 bits per heavy atom. The van der Waals surface area contributed by atoms with Crippen molar-refractivity contribution in [3.63, 3.8) is 0 Å². The fraction of sp³-hybridized carbons (Fsp3) is 0.524. The first-order chi connectivity index (χ1) is 11.5. The molecule has 1 aliphatic heterocycles. The molecule has 0 aromatic carbocycles. The van der Waals surface area contributed by atoms with Crippen molar-refractivity contribution in [2.24, 2.45) is 0 Å². The first kappa shape index (κ1) is 17.7. The highest BCUT2D eigenvalue weighted by Crippen LogP contribution is 2.39. The Morgan fingerprint density at radius 1 is 0.600 bits per heavy atom. The number of carbonyl (C=O) groups excluding carboxylic acids is 2. The standard InChI is InChI=1S/C21H26O4/c1-19(2)13(22)7-8-14(23)20(3,4)16-10-12-18(25-16)21(5,6)17-11-9-15(19)24-17/h9-12H,7-8H2,1-6H3. The van der Waals surface area contributed by atoms with Gasteiger partial charge in [-0.05, 0) is 65.8 Å². The van der Waals surface area contributed by atoms with Crippen molar-refractivity contribution < 1.29 is 18.4 Å². The number of hydrogen-bond acceptors (Lipinski definition) is 4. The van der Waals surface area contributed by atoms with E-state index < -0.39 is 16.2 Å². The van der Waals surface area contributed by atoms with Crippen LogP contribution in [0.15, 0.2) is 33.1 Å². The minimum atomic E-state index is -0.764. The summed E-state index contributed by atoms with van der Waals surface area (Å²) < 4.78 is 12.2. The molecule has 0 atom stereocenters. The average molecular weight is 342 g/mol. The quantitative estimate of drug-likeness (QED) is 0.697. The van der Waals surface area contributed by atoms with Crippen LogP contribution in [0.2, 0.25) is 0 Å². The van der Waals surface area contributed by atoms with Gasteiger partial charge in [0.25, 0.3) is 0 Å². The van der Waals surface area contributed by atoms with Crippen molar-refractivity contribution in [1.29, 1.82) is 0 Å². The molecule has 1 aliphatic rings. The van der Waals surface area contributed by atoms with Crippen molar-refractivity contribution in [3.05, 3.63) is 47.3 Å². The molecular formula is C21H26O4. The van der Waals surface area contributed by atoms with Crippen LogP contribution in [-0.2, 0) is 25.8 Å². The largest absolute Gasteiger partial charge is 0.464 e. The molecule has 0 N–H and O–H groups in total. The van der Waals surface area contributed by atoms with Crippen LogP contribution < -0.4 is 0 Å². The van der Waals surface area contributed by atoms with Crippen LogP contribution in [0.1, 0.15) is 77.4 Å². The topological polar surface area (TPSA) is 60.4 Å². The van der Waals surface area contributed by atoms with Crippen molar-refractivity contribution >= 4 is 11.6 Å². The van der Waals surface area contributed by atoms with Gasteiger partial charge in [0.2, 0.25) is 0 Å². The molecule has 3 heterocycles. The van der Waals surface area contributed by atoms with Gasteiger partial charge in [0.1, 0.15) is 34.6 Å². The number of carbonyl (C=O) groups is 2. The van der Waals surface area contributed by atoms with Crippen molar-refractivity contribution in [2.45, 2.75) is 70.6 Å². The van der Waals surface area contributed by atoms with Crippen LogP contribution in [0.5, 0.6) is 0 Å². The predicted molar refractivity (Wildman–Crippen MR) is 94.8 cm³/mol. The van der Waals surface area contributed by atoms with E-state index in [2.05, 4.69) is 0 Å². The smallest absolute Gasteiger partial charge is 0.146 e. The lowest BCUT2D eigenvalue weighted by Crippen LogP contribution is -2.32. The van der Waals surface area contributed by atoms with Gasteiger partial charge in [0, 0.05) is 12.8 Å². The number of rotatable bonds is 0. The Kier molecular flexibility index (Phi) is 3.86. The third-order valence-corrected chi connectivity index (χ3v) is 5.65. The van der Waals surface area contributed by atoms with Gasteiger partial charge >= 0.3 is 0 Å². The number of Topliss-reactive ketones (excluding diaryl/α,β-unsaturated/α-hetero) is 2. The zero-order valence-electron chi connectivity index (χ0n) is 15.9. The predicted octanol–water partition coefficient (Wildman–Crippen LogP) is 4.69. The maximum Gasteiger partial charge on any atom is 0.146 e. The first-order valence-electron chi connectivity index (χ1n) is 8.75. The summed E-state index contributed by atoms with van der Waals surface area (Å²) in [4.78, 5) is 25.5. The molecule has 4 bridgehead atoms. The van der Waals surface area contributed by atoms with Crippen LogP contribution >= 0.6 is 0 Å². The maximum absolute atomic E-state index is 12.7.